The number of aromatic amines is 1. The largest absolute Gasteiger partial charge is 0.398 e. The molecule has 0 saturated carbocycles. The first-order valence-electron chi connectivity index (χ1n) is 6.26. The fraction of sp³-hybridized carbons (Fsp3) is 0.125. The van der Waals surface area contributed by atoms with E-state index in [4.69, 9.17) is 10.8 Å². The van der Waals surface area contributed by atoms with Crippen molar-refractivity contribution in [3.8, 4) is 11.1 Å². The second kappa shape index (κ2) is 4.44. The maximum atomic E-state index is 9.07. The zero-order chi connectivity index (χ0) is 13.4. The molecule has 0 amide bonds. The van der Waals surface area contributed by atoms with E-state index >= 15 is 0 Å². The minimum Gasteiger partial charge on any atom is -0.398 e. The Bertz CT molecular complexity index is 726. The van der Waals surface area contributed by atoms with Crippen LogP contribution < -0.4 is 5.73 Å². The van der Waals surface area contributed by atoms with E-state index in [1.54, 1.807) is 0 Å². The monoisotopic (exact) mass is 252 g/mol. The number of nitrogen functional groups attached to an aromatic ring is 1. The molecule has 0 atom stereocenters. The van der Waals surface area contributed by atoms with Gasteiger partial charge in [0.1, 0.15) is 0 Å². The van der Waals surface area contributed by atoms with Crippen LogP contribution in [0, 0.1) is 6.92 Å². The first kappa shape index (κ1) is 11.8. The van der Waals surface area contributed by atoms with Crippen LogP contribution in [0.5, 0.6) is 0 Å². The van der Waals surface area contributed by atoms with Crippen molar-refractivity contribution in [1.82, 2.24) is 4.98 Å². The Balaban J connectivity index is 2.14. The zero-order valence-corrected chi connectivity index (χ0v) is 10.8. The first-order chi connectivity index (χ1) is 9.17. The van der Waals surface area contributed by atoms with E-state index in [1.807, 2.05) is 37.3 Å². The number of nitrogens with two attached hydrogens (primary N) is 1. The van der Waals surface area contributed by atoms with Gasteiger partial charge in [0.15, 0.2) is 0 Å². The topological polar surface area (TPSA) is 62.0 Å². The van der Waals surface area contributed by atoms with Crippen LogP contribution in [0.15, 0.2) is 42.5 Å². The van der Waals surface area contributed by atoms with Gasteiger partial charge in [-0.05, 0) is 36.2 Å². The van der Waals surface area contributed by atoms with Crippen molar-refractivity contribution in [1.29, 1.82) is 0 Å². The molecule has 2 aromatic carbocycles. The van der Waals surface area contributed by atoms with E-state index < -0.39 is 0 Å². The van der Waals surface area contributed by atoms with Crippen molar-refractivity contribution in [3.05, 3.63) is 53.7 Å². The summed E-state index contributed by atoms with van der Waals surface area (Å²) in [5.74, 6) is 0. The van der Waals surface area contributed by atoms with E-state index in [1.165, 1.54) is 0 Å². The number of aromatic nitrogens is 1. The molecule has 1 aromatic heterocycles. The van der Waals surface area contributed by atoms with Gasteiger partial charge in [0.25, 0.3) is 0 Å². The quantitative estimate of drug-likeness (QED) is 0.613. The number of anilines is 1. The molecule has 4 N–H and O–H groups in total. The van der Waals surface area contributed by atoms with Gasteiger partial charge < -0.3 is 15.8 Å². The molecule has 0 aliphatic heterocycles. The van der Waals surface area contributed by atoms with Crippen LogP contribution in [0.2, 0.25) is 0 Å². The fourth-order valence-electron chi connectivity index (χ4n) is 2.38. The maximum absolute atomic E-state index is 9.07. The number of nitrogens with one attached hydrogen (secondary N) is 1. The van der Waals surface area contributed by atoms with Gasteiger partial charge in [0.2, 0.25) is 0 Å². The normalized spacial score (nSPS) is 11.1. The summed E-state index contributed by atoms with van der Waals surface area (Å²) in [4.78, 5) is 3.28. The highest BCUT2D eigenvalue weighted by Gasteiger charge is 2.06. The van der Waals surface area contributed by atoms with E-state index in [0.29, 0.717) is 0 Å². The van der Waals surface area contributed by atoms with Crippen LogP contribution in [-0.2, 0) is 6.61 Å². The number of aliphatic hydroxyl groups excluding tert-OH is 1. The van der Waals surface area contributed by atoms with Gasteiger partial charge in [0, 0.05) is 27.8 Å². The number of hydrogen-bond acceptors (Lipinski definition) is 2. The number of rotatable bonds is 2. The molecular formula is C16H16N2O. The van der Waals surface area contributed by atoms with Crippen LogP contribution in [-0.4, -0.2) is 10.1 Å². The SMILES string of the molecule is Cc1cc2cc(-c3ccc(CO)cc3)c(N)cc2[nH]1. The number of hydrogen-bond donors (Lipinski definition) is 3. The number of H-pyrrole nitrogens is 1. The van der Waals surface area contributed by atoms with Gasteiger partial charge in [-0.1, -0.05) is 24.3 Å². The number of benzene rings is 2. The van der Waals surface area contributed by atoms with Crippen molar-refractivity contribution >= 4 is 16.6 Å². The van der Waals surface area contributed by atoms with Crippen LogP contribution >= 0.6 is 0 Å². The summed E-state index contributed by atoms with van der Waals surface area (Å²) in [5, 5.41) is 10.2. The van der Waals surface area contributed by atoms with Crippen LogP contribution in [0.25, 0.3) is 22.0 Å². The highest BCUT2D eigenvalue weighted by atomic mass is 16.3. The lowest BCUT2D eigenvalue weighted by Crippen LogP contribution is -1.91. The lowest BCUT2D eigenvalue weighted by Gasteiger charge is -2.07. The smallest absolute Gasteiger partial charge is 0.0681 e. The minimum atomic E-state index is 0.0613. The number of aliphatic hydroxyl groups is 1. The van der Waals surface area contributed by atoms with Crippen molar-refractivity contribution in [2.75, 3.05) is 5.73 Å². The van der Waals surface area contributed by atoms with Crippen molar-refractivity contribution < 1.29 is 5.11 Å². The maximum Gasteiger partial charge on any atom is 0.0681 e. The Labute approximate surface area is 111 Å². The molecule has 0 fully saturated rings. The van der Waals surface area contributed by atoms with E-state index in [2.05, 4.69) is 17.1 Å². The number of aryl methyl sites for hydroxylation is 1. The number of fused-ring (bicyclic) bond motifs is 1. The summed E-state index contributed by atoms with van der Waals surface area (Å²) < 4.78 is 0. The molecule has 0 bridgehead atoms. The predicted octanol–water partition coefficient (Wildman–Crippen LogP) is 3.22. The summed E-state index contributed by atoms with van der Waals surface area (Å²) in [5.41, 5.74) is 12.1. The lowest BCUT2D eigenvalue weighted by molar-refractivity contribution is 0.282. The summed E-state index contributed by atoms with van der Waals surface area (Å²) in [6.07, 6.45) is 0. The molecule has 1 heterocycles. The van der Waals surface area contributed by atoms with Crippen LogP contribution in [0.4, 0.5) is 5.69 Å². The highest BCUT2D eigenvalue weighted by Crippen LogP contribution is 2.31. The molecule has 0 unspecified atom stereocenters. The Hall–Kier alpha value is -2.26. The molecule has 3 aromatic rings. The predicted molar refractivity (Wildman–Crippen MR) is 78.8 cm³/mol. The molecule has 96 valence electrons. The second-order valence-corrected chi connectivity index (χ2v) is 4.83. The molecule has 0 saturated heterocycles. The summed E-state index contributed by atoms with van der Waals surface area (Å²) in [6.45, 7) is 2.09. The average molecular weight is 252 g/mol. The third kappa shape index (κ3) is 2.09. The lowest BCUT2D eigenvalue weighted by atomic mass is 10.0. The van der Waals surface area contributed by atoms with Gasteiger partial charge in [-0.15, -0.1) is 0 Å². The Morgan fingerprint density at radius 1 is 1.11 bits per heavy atom. The zero-order valence-electron chi connectivity index (χ0n) is 10.8. The average Bonchev–Trinajstić information content (AvgIpc) is 2.77. The van der Waals surface area contributed by atoms with E-state index in [9.17, 15) is 0 Å². The Morgan fingerprint density at radius 3 is 2.53 bits per heavy atom. The third-order valence-electron chi connectivity index (χ3n) is 3.37. The van der Waals surface area contributed by atoms with Crippen LogP contribution in [0.3, 0.4) is 0 Å². The van der Waals surface area contributed by atoms with E-state index in [-0.39, 0.29) is 6.61 Å². The molecule has 3 nitrogen and oxygen atoms in total. The fourth-order valence-corrected chi connectivity index (χ4v) is 2.38. The van der Waals surface area contributed by atoms with Gasteiger partial charge >= 0.3 is 0 Å². The molecule has 0 radical (unpaired) electrons. The standard InChI is InChI=1S/C16H16N2O/c1-10-6-13-7-14(15(17)8-16(13)18-10)12-4-2-11(9-19)3-5-12/h2-8,18-19H,9,17H2,1H3. The van der Waals surface area contributed by atoms with Gasteiger partial charge in [-0.2, -0.15) is 0 Å². The highest BCUT2D eigenvalue weighted by molar-refractivity contribution is 5.92. The minimum absolute atomic E-state index is 0.0613. The van der Waals surface area contributed by atoms with Gasteiger partial charge in [-0.25, -0.2) is 0 Å². The van der Waals surface area contributed by atoms with Gasteiger partial charge in [-0.3, -0.25) is 0 Å². The molecular weight excluding hydrogens is 236 g/mol. The Kier molecular flexibility index (Phi) is 2.76. The molecule has 0 spiro atoms. The molecule has 0 aliphatic rings. The summed E-state index contributed by atoms with van der Waals surface area (Å²) in [7, 11) is 0. The van der Waals surface area contributed by atoms with Crippen molar-refractivity contribution in [2.24, 2.45) is 0 Å². The van der Waals surface area contributed by atoms with Crippen molar-refractivity contribution in [2.45, 2.75) is 13.5 Å². The van der Waals surface area contributed by atoms with Crippen molar-refractivity contribution in [3.63, 3.8) is 0 Å². The Morgan fingerprint density at radius 2 is 1.84 bits per heavy atom. The molecule has 0 aliphatic carbocycles. The van der Waals surface area contributed by atoms with Crippen LogP contribution in [0.1, 0.15) is 11.3 Å². The molecule has 3 rings (SSSR count). The summed E-state index contributed by atoms with van der Waals surface area (Å²) >= 11 is 0. The molecule has 3 heteroatoms. The summed E-state index contributed by atoms with van der Waals surface area (Å²) in [6, 6.07) is 14.0. The van der Waals surface area contributed by atoms with E-state index in [0.717, 1.165) is 39.0 Å². The first-order valence-corrected chi connectivity index (χ1v) is 6.26. The second-order valence-electron chi connectivity index (χ2n) is 4.83. The van der Waals surface area contributed by atoms with Gasteiger partial charge in [0.05, 0.1) is 6.61 Å². The third-order valence-corrected chi connectivity index (χ3v) is 3.37. The molecule has 19 heavy (non-hydrogen) atoms.